The molecule has 1 N–H and O–H groups in total. The summed E-state index contributed by atoms with van der Waals surface area (Å²) in [6, 6.07) is 9.41. The lowest BCUT2D eigenvalue weighted by Gasteiger charge is -2.30. The van der Waals surface area contributed by atoms with Crippen LogP contribution in [0.2, 0.25) is 0 Å². The summed E-state index contributed by atoms with van der Waals surface area (Å²) in [4.78, 5) is 11.7. The van der Waals surface area contributed by atoms with E-state index < -0.39 is 16.1 Å². The lowest BCUT2D eigenvalue weighted by molar-refractivity contribution is 0.131. The summed E-state index contributed by atoms with van der Waals surface area (Å²) in [6.45, 7) is 1.10. The first-order valence-electron chi connectivity index (χ1n) is 6.87. The Bertz CT molecular complexity index is 566. The molecule has 21 heavy (non-hydrogen) atoms. The number of benzene rings is 1. The minimum absolute atomic E-state index is 0.0359. The summed E-state index contributed by atoms with van der Waals surface area (Å²) in [5, 5.41) is 2.78. The number of alkyl carbamates (subject to hydrolysis) is 1. The molecule has 0 aromatic heterocycles. The van der Waals surface area contributed by atoms with Crippen LogP contribution < -0.4 is 5.32 Å². The molecule has 1 aromatic rings. The zero-order valence-electron chi connectivity index (χ0n) is 12.0. The Morgan fingerprint density at radius 3 is 2.48 bits per heavy atom. The highest BCUT2D eigenvalue weighted by Gasteiger charge is 2.25. The molecular weight excluding hydrogens is 292 g/mol. The van der Waals surface area contributed by atoms with E-state index >= 15 is 0 Å². The molecule has 7 heteroatoms. The molecule has 1 aliphatic rings. The first-order valence-corrected chi connectivity index (χ1v) is 8.72. The lowest BCUT2D eigenvalue weighted by Crippen LogP contribution is -2.46. The van der Waals surface area contributed by atoms with E-state index in [0.717, 1.165) is 5.56 Å². The van der Waals surface area contributed by atoms with Crippen molar-refractivity contribution in [2.24, 2.45) is 0 Å². The van der Waals surface area contributed by atoms with Gasteiger partial charge in [0.25, 0.3) is 0 Å². The number of amides is 1. The summed E-state index contributed by atoms with van der Waals surface area (Å²) in [7, 11) is -3.13. The van der Waals surface area contributed by atoms with Crippen molar-refractivity contribution in [1.82, 2.24) is 9.62 Å². The molecule has 0 aliphatic carbocycles. The number of carbonyl (C=O) groups excluding carboxylic acids is 1. The van der Waals surface area contributed by atoms with Gasteiger partial charge in [0.2, 0.25) is 10.0 Å². The van der Waals surface area contributed by atoms with Crippen LogP contribution in [-0.2, 0) is 21.4 Å². The van der Waals surface area contributed by atoms with Crippen LogP contribution in [0.25, 0.3) is 0 Å². The molecular formula is C14H20N2O4S. The van der Waals surface area contributed by atoms with Crippen molar-refractivity contribution in [1.29, 1.82) is 0 Å². The average Bonchev–Trinajstić information content (AvgIpc) is 2.46. The third-order valence-electron chi connectivity index (χ3n) is 3.46. The molecule has 1 amide bonds. The summed E-state index contributed by atoms with van der Waals surface area (Å²) in [5.41, 5.74) is 0.930. The van der Waals surface area contributed by atoms with E-state index in [2.05, 4.69) is 5.32 Å². The van der Waals surface area contributed by atoms with Crippen molar-refractivity contribution in [3.8, 4) is 0 Å². The third kappa shape index (κ3) is 5.02. The normalized spacial score (nSPS) is 17.4. The monoisotopic (exact) mass is 312 g/mol. The summed E-state index contributed by atoms with van der Waals surface area (Å²) in [6.07, 6.45) is 1.95. The van der Waals surface area contributed by atoms with E-state index in [9.17, 15) is 13.2 Å². The van der Waals surface area contributed by atoms with Gasteiger partial charge in [-0.05, 0) is 18.4 Å². The highest BCUT2D eigenvalue weighted by Crippen LogP contribution is 2.13. The zero-order chi connectivity index (χ0) is 15.3. The van der Waals surface area contributed by atoms with Crippen molar-refractivity contribution < 1.29 is 17.9 Å². The minimum atomic E-state index is -3.13. The van der Waals surface area contributed by atoms with Crippen LogP contribution in [0.3, 0.4) is 0 Å². The van der Waals surface area contributed by atoms with Crippen molar-refractivity contribution in [2.45, 2.75) is 25.5 Å². The van der Waals surface area contributed by atoms with E-state index in [1.807, 2.05) is 30.3 Å². The fraction of sp³-hybridized carbons (Fsp3) is 0.500. The van der Waals surface area contributed by atoms with Crippen molar-refractivity contribution >= 4 is 16.1 Å². The quantitative estimate of drug-likeness (QED) is 0.910. The Morgan fingerprint density at radius 2 is 1.90 bits per heavy atom. The Labute approximate surface area is 125 Å². The first kappa shape index (κ1) is 15.8. The van der Waals surface area contributed by atoms with Crippen LogP contribution >= 0.6 is 0 Å². The molecule has 0 unspecified atom stereocenters. The molecule has 2 rings (SSSR count). The van der Waals surface area contributed by atoms with E-state index in [1.54, 1.807) is 0 Å². The second kappa shape index (κ2) is 6.91. The Morgan fingerprint density at radius 1 is 1.29 bits per heavy atom. The molecule has 0 radical (unpaired) electrons. The van der Waals surface area contributed by atoms with Gasteiger partial charge in [0.05, 0.1) is 6.26 Å². The molecule has 1 saturated heterocycles. The van der Waals surface area contributed by atoms with Gasteiger partial charge in [-0.3, -0.25) is 0 Å². The number of rotatable bonds is 4. The van der Waals surface area contributed by atoms with Crippen LogP contribution in [0, 0.1) is 0 Å². The highest BCUT2D eigenvalue weighted by molar-refractivity contribution is 7.88. The van der Waals surface area contributed by atoms with Gasteiger partial charge in [0, 0.05) is 19.1 Å². The van der Waals surface area contributed by atoms with Gasteiger partial charge in [0.1, 0.15) is 6.61 Å². The number of hydrogen-bond acceptors (Lipinski definition) is 4. The number of nitrogens with one attached hydrogen (secondary N) is 1. The maximum absolute atomic E-state index is 11.7. The Balaban J connectivity index is 1.72. The molecule has 0 spiro atoms. The number of piperidine rings is 1. The fourth-order valence-electron chi connectivity index (χ4n) is 2.26. The maximum Gasteiger partial charge on any atom is 0.407 e. The molecule has 1 heterocycles. The van der Waals surface area contributed by atoms with E-state index in [1.165, 1.54) is 10.6 Å². The summed E-state index contributed by atoms with van der Waals surface area (Å²) < 4.78 is 29.4. The summed E-state index contributed by atoms with van der Waals surface area (Å²) in [5.74, 6) is 0. The van der Waals surface area contributed by atoms with Crippen LogP contribution in [0.4, 0.5) is 4.79 Å². The lowest BCUT2D eigenvalue weighted by atomic mass is 10.1. The average molecular weight is 312 g/mol. The fourth-order valence-corrected chi connectivity index (χ4v) is 3.14. The number of ether oxygens (including phenoxy) is 1. The molecule has 6 nitrogen and oxygen atoms in total. The summed E-state index contributed by atoms with van der Waals surface area (Å²) >= 11 is 0. The predicted octanol–water partition coefficient (Wildman–Crippen LogP) is 1.34. The van der Waals surface area contributed by atoms with Gasteiger partial charge in [-0.1, -0.05) is 30.3 Å². The van der Waals surface area contributed by atoms with Crippen LogP contribution in [0.15, 0.2) is 30.3 Å². The number of sulfonamides is 1. The van der Waals surface area contributed by atoms with Gasteiger partial charge >= 0.3 is 6.09 Å². The van der Waals surface area contributed by atoms with E-state index in [0.29, 0.717) is 25.9 Å². The van der Waals surface area contributed by atoms with Gasteiger partial charge in [-0.25, -0.2) is 17.5 Å². The number of nitrogens with zero attached hydrogens (tertiary/aromatic N) is 1. The van der Waals surface area contributed by atoms with Crippen molar-refractivity contribution in [2.75, 3.05) is 19.3 Å². The topological polar surface area (TPSA) is 75.7 Å². The van der Waals surface area contributed by atoms with Crippen LogP contribution in [0.1, 0.15) is 18.4 Å². The molecule has 1 aliphatic heterocycles. The van der Waals surface area contributed by atoms with Gasteiger partial charge < -0.3 is 10.1 Å². The predicted molar refractivity (Wildman–Crippen MR) is 79.2 cm³/mol. The maximum atomic E-state index is 11.7. The van der Waals surface area contributed by atoms with Crippen molar-refractivity contribution in [3.63, 3.8) is 0 Å². The van der Waals surface area contributed by atoms with Gasteiger partial charge in [-0.2, -0.15) is 0 Å². The highest BCUT2D eigenvalue weighted by atomic mass is 32.2. The first-order chi connectivity index (χ1) is 9.95. The Kier molecular flexibility index (Phi) is 5.19. The van der Waals surface area contributed by atoms with Gasteiger partial charge in [-0.15, -0.1) is 0 Å². The standard InChI is InChI=1S/C14H20N2O4S/c1-21(18,19)16-9-7-13(8-10-16)15-14(17)20-11-12-5-3-2-4-6-12/h2-6,13H,7-11H2,1H3,(H,15,17). The molecule has 1 fully saturated rings. The second-order valence-corrected chi connectivity index (χ2v) is 7.12. The number of hydrogen-bond donors (Lipinski definition) is 1. The molecule has 0 bridgehead atoms. The second-order valence-electron chi connectivity index (χ2n) is 5.14. The van der Waals surface area contributed by atoms with Gasteiger partial charge in [0.15, 0.2) is 0 Å². The molecule has 1 aromatic carbocycles. The molecule has 0 saturated carbocycles. The number of carbonyl (C=O) groups is 1. The largest absolute Gasteiger partial charge is 0.445 e. The molecule has 116 valence electrons. The van der Waals surface area contributed by atoms with Crippen LogP contribution in [-0.4, -0.2) is 44.2 Å². The van der Waals surface area contributed by atoms with Crippen molar-refractivity contribution in [3.05, 3.63) is 35.9 Å². The molecule has 0 atom stereocenters. The van der Waals surface area contributed by atoms with Crippen LogP contribution in [0.5, 0.6) is 0 Å². The Hall–Kier alpha value is -1.60. The van der Waals surface area contributed by atoms with E-state index in [4.69, 9.17) is 4.74 Å². The SMILES string of the molecule is CS(=O)(=O)N1CCC(NC(=O)OCc2ccccc2)CC1. The minimum Gasteiger partial charge on any atom is -0.445 e. The zero-order valence-corrected chi connectivity index (χ0v) is 12.8. The van der Waals surface area contributed by atoms with E-state index in [-0.39, 0.29) is 12.6 Å². The third-order valence-corrected chi connectivity index (χ3v) is 4.76. The smallest absolute Gasteiger partial charge is 0.407 e.